The number of carbonyl (C=O) groups excluding carboxylic acids is 1. The third kappa shape index (κ3) is 5.86. The van der Waals surface area contributed by atoms with E-state index in [9.17, 15) is 23.5 Å². The van der Waals surface area contributed by atoms with Crippen molar-refractivity contribution < 1.29 is 28.2 Å². The molecule has 0 radical (unpaired) electrons. The van der Waals surface area contributed by atoms with Gasteiger partial charge in [-0.2, -0.15) is 0 Å². The number of aliphatic carboxylic acids is 1. The van der Waals surface area contributed by atoms with E-state index in [-0.39, 0.29) is 29.5 Å². The van der Waals surface area contributed by atoms with Crippen LogP contribution >= 0.6 is 0 Å². The number of ketones is 1. The SMILES string of the molecule is COc1ccc2ncc(F)c(C(=O)CCC3CCN(CC#Cc4cccc(F)c4)CC3C(=O)O)c2c1. The molecule has 36 heavy (non-hydrogen) atoms. The number of Topliss-reactive ketones (excluding diaryl/α,β-unsaturated/α-hetero) is 1. The molecule has 1 aromatic heterocycles. The second-order valence-electron chi connectivity index (χ2n) is 8.87. The normalized spacial score (nSPS) is 17.9. The van der Waals surface area contributed by atoms with Crippen molar-refractivity contribution in [3.63, 3.8) is 0 Å². The third-order valence-corrected chi connectivity index (χ3v) is 6.57. The van der Waals surface area contributed by atoms with Gasteiger partial charge in [-0.15, -0.1) is 0 Å². The number of carboxylic acids is 1. The van der Waals surface area contributed by atoms with Crippen LogP contribution in [0.25, 0.3) is 10.9 Å². The first-order valence-corrected chi connectivity index (χ1v) is 11.7. The number of carboxylic acid groups (broad SMARTS) is 1. The highest BCUT2D eigenvalue weighted by molar-refractivity contribution is 6.07. The Kier molecular flexibility index (Phi) is 7.91. The van der Waals surface area contributed by atoms with Crippen LogP contribution in [0.4, 0.5) is 8.78 Å². The summed E-state index contributed by atoms with van der Waals surface area (Å²) in [5.41, 5.74) is 0.999. The minimum Gasteiger partial charge on any atom is -0.497 e. The van der Waals surface area contributed by atoms with Gasteiger partial charge < -0.3 is 9.84 Å². The lowest BCUT2D eigenvalue weighted by molar-refractivity contribution is -0.146. The lowest BCUT2D eigenvalue weighted by Gasteiger charge is -2.35. The molecule has 0 spiro atoms. The molecule has 1 aliphatic rings. The molecule has 0 amide bonds. The van der Waals surface area contributed by atoms with E-state index >= 15 is 0 Å². The van der Waals surface area contributed by atoms with E-state index in [0.29, 0.717) is 54.7 Å². The summed E-state index contributed by atoms with van der Waals surface area (Å²) in [4.78, 5) is 31.0. The van der Waals surface area contributed by atoms with Gasteiger partial charge in [0, 0.05) is 23.9 Å². The minimum absolute atomic E-state index is 0.0288. The fourth-order valence-electron chi connectivity index (χ4n) is 4.66. The number of pyridine rings is 1. The Morgan fingerprint density at radius 1 is 1.22 bits per heavy atom. The Balaban J connectivity index is 1.41. The van der Waals surface area contributed by atoms with Crippen molar-refractivity contribution in [1.82, 2.24) is 9.88 Å². The van der Waals surface area contributed by atoms with E-state index in [2.05, 4.69) is 16.8 Å². The number of methoxy groups -OCH3 is 1. The second-order valence-corrected chi connectivity index (χ2v) is 8.87. The molecule has 2 unspecified atom stereocenters. The Labute approximate surface area is 207 Å². The molecular formula is C28H26F2N2O4. The summed E-state index contributed by atoms with van der Waals surface area (Å²) in [5.74, 6) is 3.10. The van der Waals surface area contributed by atoms with Gasteiger partial charge in [0.05, 0.1) is 36.8 Å². The van der Waals surface area contributed by atoms with Crippen molar-refractivity contribution in [2.45, 2.75) is 19.3 Å². The zero-order valence-electron chi connectivity index (χ0n) is 19.8. The monoisotopic (exact) mass is 492 g/mol. The zero-order valence-corrected chi connectivity index (χ0v) is 19.8. The van der Waals surface area contributed by atoms with Crippen LogP contribution in [0.1, 0.15) is 35.2 Å². The van der Waals surface area contributed by atoms with Crippen molar-refractivity contribution in [3.8, 4) is 17.6 Å². The van der Waals surface area contributed by atoms with Crippen LogP contribution in [0, 0.1) is 35.3 Å². The molecule has 1 fully saturated rings. The van der Waals surface area contributed by atoms with Crippen molar-refractivity contribution in [2.75, 3.05) is 26.7 Å². The number of piperidine rings is 1. The Morgan fingerprint density at radius 3 is 2.81 bits per heavy atom. The van der Waals surface area contributed by atoms with Gasteiger partial charge in [0.2, 0.25) is 0 Å². The highest BCUT2D eigenvalue weighted by Crippen LogP contribution is 2.30. The predicted octanol–water partition coefficient (Wildman–Crippen LogP) is 4.56. The van der Waals surface area contributed by atoms with Crippen molar-refractivity contribution in [1.29, 1.82) is 0 Å². The van der Waals surface area contributed by atoms with Crippen LogP contribution in [0.5, 0.6) is 5.75 Å². The molecule has 0 aliphatic carbocycles. The lowest BCUT2D eigenvalue weighted by Crippen LogP contribution is -2.44. The van der Waals surface area contributed by atoms with Crippen molar-refractivity contribution in [3.05, 3.63) is 71.4 Å². The molecule has 2 atom stereocenters. The Morgan fingerprint density at radius 2 is 2.06 bits per heavy atom. The molecule has 8 heteroatoms. The molecule has 1 saturated heterocycles. The molecule has 0 saturated carbocycles. The van der Waals surface area contributed by atoms with Gasteiger partial charge in [0.1, 0.15) is 11.6 Å². The molecule has 1 aliphatic heterocycles. The molecule has 1 N–H and O–H groups in total. The summed E-state index contributed by atoms with van der Waals surface area (Å²) in [7, 11) is 1.49. The van der Waals surface area contributed by atoms with Gasteiger partial charge in [0.25, 0.3) is 0 Å². The first-order valence-electron chi connectivity index (χ1n) is 11.7. The third-order valence-electron chi connectivity index (χ3n) is 6.57. The lowest BCUT2D eigenvalue weighted by atomic mass is 9.81. The minimum atomic E-state index is -0.930. The number of benzene rings is 2. The molecule has 2 heterocycles. The summed E-state index contributed by atoms with van der Waals surface area (Å²) in [6, 6.07) is 10.9. The fraction of sp³-hybridized carbons (Fsp3) is 0.321. The molecule has 4 rings (SSSR count). The Hall–Kier alpha value is -3.83. The number of halogens is 2. The van der Waals surface area contributed by atoms with E-state index in [1.54, 1.807) is 30.3 Å². The average molecular weight is 493 g/mol. The van der Waals surface area contributed by atoms with E-state index in [1.165, 1.54) is 19.2 Å². The standard InChI is InChI=1S/C28H26F2N2O4/c1-36-21-8-9-25-22(15-21)27(24(30)16-31-25)26(33)10-7-19-11-13-32(17-23(19)28(34)35)12-3-5-18-4-2-6-20(29)14-18/h2,4,6,8-9,14-16,19,23H,7,10-13,17H2,1H3,(H,34,35). The topological polar surface area (TPSA) is 79.7 Å². The highest BCUT2D eigenvalue weighted by atomic mass is 19.1. The molecule has 2 aromatic carbocycles. The zero-order chi connectivity index (χ0) is 25.7. The second kappa shape index (κ2) is 11.3. The summed E-state index contributed by atoms with van der Waals surface area (Å²) in [6.07, 6.45) is 1.98. The van der Waals surface area contributed by atoms with E-state index in [0.717, 1.165) is 6.20 Å². The molecule has 6 nitrogen and oxygen atoms in total. The van der Waals surface area contributed by atoms with E-state index in [1.807, 2.05) is 4.90 Å². The van der Waals surface area contributed by atoms with Gasteiger partial charge in [-0.1, -0.05) is 17.9 Å². The van der Waals surface area contributed by atoms with Crippen molar-refractivity contribution >= 4 is 22.7 Å². The molecular weight excluding hydrogens is 466 g/mol. The summed E-state index contributed by atoms with van der Waals surface area (Å²) in [5, 5.41) is 10.2. The number of rotatable bonds is 7. The molecule has 0 bridgehead atoms. The van der Waals surface area contributed by atoms with Crippen LogP contribution in [0.3, 0.4) is 0 Å². The maximum atomic E-state index is 14.6. The largest absolute Gasteiger partial charge is 0.497 e. The van der Waals surface area contributed by atoms with Gasteiger partial charge in [-0.25, -0.2) is 8.78 Å². The van der Waals surface area contributed by atoms with Gasteiger partial charge in [-0.3, -0.25) is 19.5 Å². The van der Waals surface area contributed by atoms with Crippen LogP contribution in [-0.2, 0) is 4.79 Å². The smallest absolute Gasteiger partial charge is 0.308 e. The Bertz CT molecular complexity index is 1350. The predicted molar refractivity (Wildman–Crippen MR) is 131 cm³/mol. The maximum Gasteiger partial charge on any atom is 0.308 e. The van der Waals surface area contributed by atoms with Gasteiger partial charge in [0.15, 0.2) is 11.6 Å². The number of fused-ring (bicyclic) bond motifs is 1. The highest BCUT2D eigenvalue weighted by Gasteiger charge is 2.34. The van der Waals surface area contributed by atoms with Crippen LogP contribution in [-0.4, -0.2) is 53.5 Å². The van der Waals surface area contributed by atoms with Crippen LogP contribution < -0.4 is 4.74 Å². The number of hydrogen-bond acceptors (Lipinski definition) is 5. The fourth-order valence-corrected chi connectivity index (χ4v) is 4.66. The number of nitrogens with zero attached hydrogens (tertiary/aromatic N) is 2. The summed E-state index contributed by atoms with van der Waals surface area (Å²) >= 11 is 0. The number of carbonyl (C=O) groups is 2. The van der Waals surface area contributed by atoms with E-state index < -0.39 is 17.7 Å². The van der Waals surface area contributed by atoms with Gasteiger partial charge >= 0.3 is 5.97 Å². The quantitative estimate of drug-likeness (QED) is 0.385. The average Bonchev–Trinajstić information content (AvgIpc) is 2.87. The number of aromatic nitrogens is 1. The van der Waals surface area contributed by atoms with E-state index in [4.69, 9.17) is 4.74 Å². The first-order chi connectivity index (χ1) is 17.4. The van der Waals surface area contributed by atoms with Crippen LogP contribution in [0.2, 0.25) is 0 Å². The first kappa shape index (κ1) is 25.3. The van der Waals surface area contributed by atoms with Crippen LogP contribution in [0.15, 0.2) is 48.7 Å². The maximum absolute atomic E-state index is 14.6. The summed E-state index contributed by atoms with van der Waals surface area (Å²) < 4.78 is 33.1. The molecule has 3 aromatic rings. The van der Waals surface area contributed by atoms with Crippen molar-refractivity contribution in [2.24, 2.45) is 11.8 Å². The molecule has 186 valence electrons. The number of likely N-dealkylation sites (tertiary alicyclic amines) is 1. The number of ether oxygens (including phenoxy) is 1. The van der Waals surface area contributed by atoms with Gasteiger partial charge in [-0.05, 0) is 61.7 Å². The number of hydrogen-bond donors (Lipinski definition) is 1. The summed E-state index contributed by atoms with van der Waals surface area (Å²) in [6.45, 7) is 1.29.